The van der Waals surface area contributed by atoms with Gasteiger partial charge in [-0.05, 0) is 39.7 Å². The van der Waals surface area contributed by atoms with Gasteiger partial charge in [-0.25, -0.2) is 0 Å². The average molecular weight is 283 g/mol. The lowest BCUT2D eigenvalue weighted by molar-refractivity contribution is -0.144. The SMILES string of the molecule is CCOC(=O)CCN(C)C1CCOC2(CCCCC2)C1. The molecule has 2 fully saturated rings. The van der Waals surface area contributed by atoms with Gasteiger partial charge < -0.3 is 14.4 Å². The Bertz CT molecular complexity index is 307. The Morgan fingerprint density at radius 3 is 2.80 bits per heavy atom. The van der Waals surface area contributed by atoms with Crippen LogP contribution in [-0.2, 0) is 14.3 Å². The summed E-state index contributed by atoms with van der Waals surface area (Å²) in [5.41, 5.74) is 0.138. The summed E-state index contributed by atoms with van der Waals surface area (Å²) >= 11 is 0. The van der Waals surface area contributed by atoms with Crippen molar-refractivity contribution < 1.29 is 14.3 Å². The van der Waals surface area contributed by atoms with Crippen LogP contribution in [-0.4, -0.2) is 49.3 Å². The van der Waals surface area contributed by atoms with Crippen molar-refractivity contribution in [2.24, 2.45) is 0 Å². The van der Waals surface area contributed by atoms with E-state index in [4.69, 9.17) is 9.47 Å². The van der Waals surface area contributed by atoms with E-state index >= 15 is 0 Å². The Kier molecular flexibility index (Phi) is 5.85. The second kappa shape index (κ2) is 7.41. The van der Waals surface area contributed by atoms with Gasteiger partial charge in [-0.1, -0.05) is 19.3 Å². The Morgan fingerprint density at radius 1 is 1.35 bits per heavy atom. The Morgan fingerprint density at radius 2 is 2.10 bits per heavy atom. The second-order valence-electron chi connectivity index (χ2n) is 6.27. The fourth-order valence-electron chi connectivity index (χ4n) is 3.61. The Hall–Kier alpha value is -0.610. The zero-order chi connectivity index (χ0) is 14.4. The highest BCUT2D eigenvalue weighted by Gasteiger charge is 2.39. The van der Waals surface area contributed by atoms with Gasteiger partial charge in [0.05, 0.1) is 18.6 Å². The number of carbonyl (C=O) groups excluding carboxylic acids is 1. The standard InChI is InChI=1S/C16H29NO3/c1-3-19-15(18)7-11-17(2)14-8-12-20-16(13-14)9-5-4-6-10-16/h14H,3-13H2,1-2H3. The predicted molar refractivity (Wildman–Crippen MR) is 78.7 cm³/mol. The van der Waals surface area contributed by atoms with Gasteiger partial charge in [-0.2, -0.15) is 0 Å². The van der Waals surface area contributed by atoms with E-state index in [0.717, 1.165) is 26.0 Å². The molecule has 1 saturated carbocycles. The largest absolute Gasteiger partial charge is 0.466 e. The molecule has 0 N–H and O–H groups in total. The number of hydrogen-bond acceptors (Lipinski definition) is 4. The number of rotatable bonds is 5. The molecular weight excluding hydrogens is 254 g/mol. The molecule has 20 heavy (non-hydrogen) atoms. The van der Waals surface area contributed by atoms with Crippen LogP contribution in [0.4, 0.5) is 0 Å². The van der Waals surface area contributed by atoms with Crippen LogP contribution in [0.15, 0.2) is 0 Å². The van der Waals surface area contributed by atoms with Crippen molar-refractivity contribution in [2.75, 3.05) is 26.8 Å². The molecule has 1 saturated heterocycles. The topological polar surface area (TPSA) is 38.8 Å². The van der Waals surface area contributed by atoms with E-state index in [2.05, 4.69) is 11.9 Å². The predicted octanol–water partition coefficient (Wildman–Crippen LogP) is 2.75. The molecule has 1 heterocycles. The molecule has 0 amide bonds. The van der Waals surface area contributed by atoms with Crippen LogP contribution in [0.5, 0.6) is 0 Å². The summed E-state index contributed by atoms with van der Waals surface area (Å²) in [6.07, 6.45) is 9.11. The Balaban J connectivity index is 1.80. The van der Waals surface area contributed by atoms with Gasteiger partial charge in [0.15, 0.2) is 0 Å². The lowest BCUT2D eigenvalue weighted by Gasteiger charge is -2.45. The lowest BCUT2D eigenvalue weighted by Crippen LogP contribution is -2.48. The molecule has 4 heteroatoms. The first kappa shape index (κ1) is 15.8. The lowest BCUT2D eigenvalue weighted by atomic mass is 9.78. The van der Waals surface area contributed by atoms with Crippen molar-refractivity contribution in [1.82, 2.24) is 4.90 Å². The van der Waals surface area contributed by atoms with Gasteiger partial charge >= 0.3 is 5.97 Å². The quantitative estimate of drug-likeness (QED) is 0.727. The first-order chi connectivity index (χ1) is 9.65. The van der Waals surface area contributed by atoms with Crippen molar-refractivity contribution in [1.29, 1.82) is 0 Å². The van der Waals surface area contributed by atoms with Crippen molar-refractivity contribution in [3.05, 3.63) is 0 Å². The fourth-order valence-corrected chi connectivity index (χ4v) is 3.61. The zero-order valence-corrected chi connectivity index (χ0v) is 13.0. The Labute approximate surface area is 122 Å². The molecule has 4 nitrogen and oxygen atoms in total. The van der Waals surface area contributed by atoms with E-state index < -0.39 is 0 Å². The minimum atomic E-state index is -0.0845. The summed E-state index contributed by atoms with van der Waals surface area (Å²) in [6.45, 7) is 3.99. The molecule has 0 aromatic carbocycles. The third-order valence-electron chi connectivity index (χ3n) is 4.83. The van der Waals surface area contributed by atoms with E-state index in [1.807, 2.05) is 6.92 Å². The van der Waals surface area contributed by atoms with Crippen LogP contribution in [0, 0.1) is 0 Å². The third-order valence-corrected chi connectivity index (χ3v) is 4.83. The highest BCUT2D eigenvalue weighted by Crippen LogP contribution is 2.39. The monoisotopic (exact) mass is 283 g/mol. The summed E-state index contributed by atoms with van der Waals surface area (Å²) in [5.74, 6) is -0.0845. The summed E-state index contributed by atoms with van der Waals surface area (Å²) in [4.78, 5) is 13.8. The maximum absolute atomic E-state index is 11.5. The summed E-state index contributed by atoms with van der Waals surface area (Å²) < 4.78 is 11.1. The molecular formula is C16H29NO3. The van der Waals surface area contributed by atoms with Crippen molar-refractivity contribution in [3.8, 4) is 0 Å². The molecule has 2 rings (SSSR count). The highest BCUT2D eigenvalue weighted by atomic mass is 16.5. The van der Waals surface area contributed by atoms with Gasteiger partial charge in [-0.15, -0.1) is 0 Å². The van der Waals surface area contributed by atoms with Crippen LogP contribution in [0.2, 0.25) is 0 Å². The summed E-state index contributed by atoms with van der Waals surface area (Å²) in [6, 6.07) is 0.552. The van der Waals surface area contributed by atoms with Crippen LogP contribution in [0.1, 0.15) is 58.3 Å². The molecule has 0 aromatic rings. The van der Waals surface area contributed by atoms with E-state index in [-0.39, 0.29) is 11.6 Å². The smallest absolute Gasteiger partial charge is 0.307 e. The molecule has 0 bridgehead atoms. The fraction of sp³-hybridized carbons (Fsp3) is 0.938. The minimum Gasteiger partial charge on any atom is -0.466 e. The average Bonchev–Trinajstić information content (AvgIpc) is 2.46. The van der Waals surface area contributed by atoms with Gasteiger partial charge in [-0.3, -0.25) is 4.79 Å². The summed E-state index contributed by atoms with van der Waals surface area (Å²) in [7, 11) is 2.13. The maximum atomic E-state index is 11.5. The molecule has 116 valence electrons. The number of carbonyl (C=O) groups is 1. The van der Waals surface area contributed by atoms with Crippen molar-refractivity contribution in [2.45, 2.75) is 69.9 Å². The number of hydrogen-bond donors (Lipinski definition) is 0. The minimum absolute atomic E-state index is 0.0845. The van der Waals surface area contributed by atoms with E-state index in [1.165, 1.54) is 32.1 Å². The number of ether oxygens (including phenoxy) is 2. The first-order valence-electron chi connectivity index (χ1n) is 8.15. The maximum Gasteiger partial charge on any atom is 0.307 e. The molecule has 1 aliphatic heterocycles. The summed E-state index contributed by atoms with van der Waals surface area (Å²) in [5, 5.41) is 0. The molecule has 1 aliphatic carbocycles. The van der Waals surface area contributed by atoms with Gasteiger partial charge in [0.2, 0.25) is 0 Å². The molecule has 1 atom stereocenters. The van der Waals surface area contributed by atoms with E-state index in [9.17, 15) is 4.79 Å². The number of esters is 1. The van der Waals surface area contributed by atoms with Crippen LogP contribution in [0.3, 0.4) is 0 Å². The number of nitrogens with zero attached hydrogens (tertiary/aromatic N) is 1. The van der Waals surface area contributed by atoms with Crippen LogP contribution in [0.25, 0.3) is 0 Å². The molecule has 0 radical (unpaired) electrons. The zero-order valence-electron chi connectivity index (χ0n) is 13.0. The highest BCUT2D eigenvalue weighted by molar-refractivity contribution is 5.69. The van der Waals surface area contributed by atoms with E-state index in [0.29, 0.717) is 19.1 Å². The van der Waals surface area contributed by atoms with Crippen molar-refractivity contribution in [3.63, 3.8) is 0 Å². The molecule has 1 unspecified atom stereocenters. The van der Waals surface area contributed by atoms with Gasteiger partial charge in [0.1, 0.15) is 0 Å². The van der Waals surface area contributed by atoms with Crippen molar-refractivity contribution >= 4 is 5.97 Å². The second-order valence-corrected chi connectivity index (χ2v) is 6.27. The molecule has 1 spiro atoms. The first-order valence-corrected chi connectivity index (χ1v) is 8.15. The third kappa shape index (κ3) is 4.19. The van der Waals surface area contributed by atoms with Gasteiger partial charge in [0.25, 0.3) is 0 Å². The van der Waals surface area contributed by atoms with Crippen LogP contribution < -0.4 is 0 Å². The molecule has 2 aliphatic rings. The van der Waals surface area contributed by atoms with E-state index in [1.54, 1.807) is 0 Å². The van der Waals surface area contributed by atoms with Crippen LogP contribution >= 0.6 is 0 Å². The van der Waals surface area contributed by atoms with Gasteiger partial charge in [0, 0.05) is 19.2 Å². The molecule has 0 aromatic heterocycles. The normalized spacial score (nSPS) is 25.9.